The van der Waals surface area contributed by atoms with E-state index in [1.54, 1.807) is 0 Å². The first kappa shape index (κ1) is 16.5. The minimum atomic E-state index is -4.41. The highest BCUT2D eigenvalue weighted by Gasteiger charge is 2.45. The van der Waals surface area contributed by atoms with Gasteiger partial charge in [-0.25, -0.2) is 5.01 Å². The highest BCUT2D eigenvalue weighted by molar-refractivity contribution is 7.86. The molecular formula is C14H24N4O4S. The number of hydrazone groups is 1. The topological polar surface area (TPSA) is 102 Å². The predicted octanol–water partition coefficient (Wildman–Crippen LogP) is 1.13. The van der Waals surface area contributed by atoms with Crippen LogP contribution in [0.2, 0.25) is 0 Å². The molecule has 2 N–H and O–H groups in total. The Balaban J connectivity index is 1.76. The van der Waals surface area contributed by atoms with Crippen LogP contribution in [-0.4, -0.2) is 46.8 Å². The highest BCUT2D eigenvalue weighted by Crippen LogP contribution is 2.42. The largest absolute Gasteiger partial charge is 0.309 e. The second kappa shape index (κ2) is 6.27. The zero-order valence-corrected chi connectivity index (χ0v) is 14.1. The van der Waals surface area contributed by atoms with Crippen molar-refractivity contribution in [1.82, 2.24) is 15.4 Å². The minimum absolute atomic E-state index is 0.0312. The second-order valence-electron chi connectivity index (χ2n) is 6.80. The Morgan fingerprint density at radius 1 is 1.22 bits per heavy atom. The van der Waals surface area contributed by atoms with Crippen LogP contribution in [0.1, 0.15) is 51.9 Å². The van der Waals surface area contributed by atoms with E-state index in [0.29, 0.717) is 5.92 Å². The summed E-state index contributed by atoms with van der Waals surface area (Å²) in [6, 6.07) is -0.0312. The number of hydrogen-bond donors (Lipinski definition) is 2. The van der Waals surface area contributed by atoms with Crippen LogP contribution in [-0.2, 0) is 14.9 Å². The third-order valence-corrected chi connectivity index (χ3v) is 6.19. The highest BCUT2D eigenvalue weighted by atomic mass is 32.2. The summed E-state index contributed by atoms with van der Waals surface area (Å²) in [5.41, 5.74) is 1.01. The molecule has 0 aromatic heterocycles. The Kier molecular flexibility index (Phi) is 4.50. The van der Waals surface area contributed by atoms with Crippen molar-refractivity contribution in [3.8, 4) is 0 Å². The van der Waals surface area contributed by atoms with Crippen molar-refractivity contribution in [3.05, 3.63) is 0 Å². The van der Waals surface area contributed by atoms with Crippen LogP contribution in [0.5, 0.6) is 0 Å². The Morgan fingerprint density at radius 3 is 2.57 bits per heavy atom. The molecule has 0 aromatic rings. The van der Waals surface area contributed by atoms with Gasteiger partial charge in [0.05, 0.1) is 6.04 Å². The zero-order chi connectivity index (χ0) is 16.6. The van der Waals surface area contributed by atoms with Crippen molar-refractivity contribution in [2.75, 3.05) is 0 Å². The van der Waals surface area contributed by atoms with E-state index in [9.17, 15) is 17.8 Å². The molecule has 0 saturated heterocycles. The summed E-state index contributed by atoms with van der Waals surface area (Å²) < 4.78 is 33.2. The Morgan fingerprint density at radius 2 is 1.91 bits per heavy atom. The van der Waals surface area contributed by atoms with Crippen molar-refractivity contribution in [3.63, 3.8) is 0 Å². The lowest BCUT2D eigenvalue weighted by Crippen LogP contribution is -2.55. The van der Waals surface area contributed by atoms with Crippen LogP contribution >= 0.6 is 0 Å². The summed E-state index contributed by atoms with van der Waals surface area (Å²) >= 11 is 0. The number of hydrazine groups is 1. The first-order chi connectivity index (χ1) is 10.9. The molecule has 3 aliphatic rings. The average Bonchev–Trinajstić information content (AvgIpc) is 2.89. The van der Waals surface area contributed by atoms with Crippen LogP contribution in [0.4, 0.5) is 0 Å². The van der Waals surface area contributed by atoms with Gasteiger partial charge in [-0.3, -0.25) is 19.8 Å². The number of fused-ring (bicyclic) bond motifs is 1. The molecule has 4 unspecified atom stereocenters. The van der Waals surface area contributed by atoms with E-state index in [1.807, 2.05) is 0 Å². The van der Waals surface area contributed by atoms with Crippen LogP contribution < -0.4 is 5.43 Å². The number of nitrogens with zero attached hydrogens (tertiary/aromatic N) is 3. The van der Waals surface area contributed by atoms with Gasteiger partial charge in [-0.2, -0.15) is 13.5 Å². The Hall–Kier alpha value is -1.35. The molecule has 2 saturated carbocycles. The summed E-state index contributed by atoms with van der Waals surface area (Å²) in [6.07, 6.45) is 9.05. The molecule has 2 aliphatic carbocycles. The molecule has 8 nitrogen and oxygen atoms in total. The Bertz CT molecular complexity index is 594. The van der Waals surface area contributed by atoms with Crippen LogP contribution in [0.15, 0.2) is 5.10 Å². The van der Waals surface area contributed by atoms with Gasteiger partial charge < -0.3 is 0 Å². The second-order valence-corrected chi connectivity index (χ2v) is 8.25. The summed E-state index contributed by atoms with van der Waals surface area (Å²) in [6.45, 7) is 1.28. The van der Waals surface area contributed by atoms with Gasteiger partial charge in [0.1, 0.15) is 6.34 Å². The quantitative estimate of drug-likeness (QED) is 0.744. The fourth-order valence-electron chi connectivity index (χ4n) is 4.27. The standard InChI is InChI=1S/C14H24N4O4S/c1-10(19)16-17-9-15-18(14(17)23(20,21)22)13-7-6-11-4-2-3-5-12(11)8-13/h9,11-14H,2-8H2,1H3,(H,16,19)(H,20,21,22). The third kappa shape index (κ3) is 3.45. The zero-order valence-electron chi connectivity index (χ0n) is 13.3. The molecule has 3 rings (SSSR count). The number of carbonyl (C=O) groups excluding carboxylic acids is 1. The van der Waals surface area contributed by atoms with Crippen molar-refractivity contribution >= 4 is 22.4 Å². The molecule has 0 aromatic carbocycles. The van der Waals surface area contributed by atoms with Gasteiger partial charge in [-0.05, 0) is 31.1 Å². The van der Waals surface area contributed by atoms with Gasteiger partial charge in [-0.15, -0.1) is 0 Å². The monoisotopic (exact) mass is 344 g/mol. The van der Waals surface area contributed by atoms with Crippen LogP contribution in [0.3, 0.4) is 0 Å². The molecular weight excluding hydrogens is 320 g/mol. The number of nitrogens with one attached hydrogen (secondary N) is 1. The molecule has 23 heavy (non-hydrogen) atoms. The number of hydrogen-bond acceptors (Lipinski definition) is 6. The van der Waals surface area contributed by atoms with Gasteiger partial charge in [-0.1, -0.05) is 25.7 Å². The lowest BCUT2D eigenvalue weighted by Gasteiger charge is -2.43. The average molecular weight is 344 g/mol. The van der Waals surface area contributed by atoms with Gasteiger partial charge >= 0.3 is 10.1 Å². The van der Waals surface area contributed by atoms with E-state index < -0.39 is 21.5 Å². The number of carbonyl (C=O) groups is 1. The van der Waals surface area contributed by atoms with Crippen molar-refractivity contribution in [2.45, 2.75) is 63.4 Å². The van der Waals surface area contributed by atoms with Crippen LogP contribution in [0.25, 0.3) is 0 Å². The minimum Gasteiger partial charge on any atom is -0.282 e. The first-order valence-corrected chi connectivity index (χ1v) is 9.71. The molecule has 9 heteroatoms. The summed E-state index contributed by atoms with van der Waals surface area (Å²) in [5, 5.41) is 6.66. The molecule has 1 heterocycles. The smallest absolute Gasteiger partial charge is 0.282 e. The van der Waals surface area contributed by atoms with E-state index in [-0.39, 0.29) is 6.04 Å². The molecule has 2 fully saturated rings. The van der Waals surface area contributed by atoms with Crippen molar-refractivity contribution < 1.29 is 17.8 Å². The number of amides is 1. The van der Waals surface area contributed by atoms with Crippen molar-refractivity contribution in [2.24, 2.45) is 16.9 Å². The van der Waals surface area contributed by atoms with Gasteiger partial charge in [0.25, 0.3) is 5.50 Å². The molecule has 0 spiro atoms. The van der Waals surface area contributed by atoms with Crippen molar-refractivity contribution in [1.29, 1.82) is 0 Å². The fourth-order valence-corrected chi connectivity index (χ4v) is 5.16. The summed E-state index contributed by atoms with van der Waals surface area (Å²) in [4.78, 5) is 11.2. The molecule has 1 aliphatic heterocycles. The SMILES string of the molecule is CC(=O)NN1C=NN(C2CCC3CCCCC3C2)C1S(=O)(=O)O. The molecule has 130 valence electrons. The van der Waals surface area contributed by atoms with E-state index in [0.717, 1.165) is 30.2 Å². The lowest BCUT2D eigenvalue weighted by atomic mass is 9.69. The van der Waals surface area contributed by atoms with E-state index in [1.165, 1.54) is 44.0 Å². The molecule has 0 bridgehead atoms. The molecule has 4 atom stereocenters. The van der Waals surface area contributed by atoms with Gasteiger partial charge in [0.15, 0.2) is 0 Å². The lowest BCUT2D eigenvalue weighted by molar-refractivity contribution is -0.122. The Labute approximate surface area is 136 Å². The molecule has 1 amide bonds. The molecule has 0 radical (unpaired) electrons. The van der Waals surface area contributed by atoms with E-state index in [2.05, 4.69) is 10.5 Å². The predicted molar refractivity (Wildman–Crippen MR) is 84.4 cm³/mol. The summed E-state index contributed by atoms with van der Waals surface area (Å²) in [5.74, 6) is 0.930. The van der Waals surface area contributed by atoms with E-state index >= 15 is 0 Å². The van der Waals surface area contributed by atoms with Gasteiger partial charge in [0.2, 0.25) is 5.91 Å². The number of rotatable bonds is 3. The van der Waals surface area contributed by atoms with Crippen LogP contribution in [0, 0.1) is 11.8 Å². The maximum Gasteiger partial charge on any atom is 0.309 e. The maximum absolute atomic E-state index is 11.8. The normalized spacial score (nSPS) is 34.3. The third-order valence-electron chi connectivity index (χ3n) is 5.21. The van der Waals surface area contributed by atoms with Gasteiger partial charge in [0, 0.05) is 6.92 Å². The first-order valence-electron chi connectivity index (χ1n) is 8.20. The summed E-state index contributed by atoms with van der Waals surface area (Å²) in [7, 11) is -4.41. The fraction of sp³-hybridized carbons (Fsp3) is 0.857. The van der Waals surface area contributed by atoms with E-state index in [4.69, 9.17) is 0 Å². The maximum atomic E-state index is 11.8.